The normalized spacial score (nSPS) is 19.4. The summed E-state index contributed by atoms with van der Waals surface area (Å²) in [5, 5.41) is 3.64. The molecule has 0 radical (unpaired) electrons. The van der Waals surface area contributed by atoms with Crippen molar-refractivity contribution >= 4 is 17.7 Å². The molecule has 6 nitrogen and oxygen atoms in total. The molecule has 4 aromatic carbocycles. The summed E-state index contributed by atoms with van der Waals surface area (Å²) in [5.41, 5.74) is 4.57. The van der Waals surface area contributed by atoms with E-state index in [2.05, 4.69) is 5.32 Å². The lowest BCUT2D eigenvalue weighted by molar-refractivity contribution is -0.133. The summed E-state index contributed by atoms with van der Waals surface area (Å²) >= 11 is 0. The van der Waals surface area contributed by atoms with Crippen molar-refractivity contribution in [1.29, 1.82) is 0 Å². The number of carbonyl (C=O) groups excluding carboxylic acids is 2. The molecule has 1 N–H and O–H groups in total. The van der Waals surface area contributed by atoms with E-state index in [9.17, 15) is 9.59 Å². The minimum absolute atomic E-state index is 0.169. The summed E-state index contributed by atoms with van der Waals surface area (Å²) in [6, 6.07) is 38.7. The van der Waals surface area contributed by atoms with E-state index >= 15 is 0 Å². The molecule has 2 aliphatic rings. The second-order valence-corrected chi connectivity index (χ2v) is 9.34. The fraction of sp³-hybridized carbons (Fsp3) is 0.125. The van der Waals surface area contributed by atoms with E-state index in [1.807, 2.05) is 121 Å². The molecule has 188 valence electrons. The lowest BCUT2D eigenvalue weighted by atomic mass is 9.99. The van der Waals surface area contributed by atoms with Crippen molar-refractivity contribution in [2.24, 2.45) is 0 Å². The first kappa shape index (κ1) is 23.6. The van der Waals surface area contributed by atoms with Gasteiger partial charge in [0.15, 0.2) is 0 Å². The molecule has 0 saturated carbocycles. The molecule has 6 rings (SSSR count). The maximum atomic E-state index is 14.6. The van der Waals surface area contributed by atoms with Crippen LogP contribution in [0.15, 0.2) is 127 Å². The third kappa shape index (κ3) is 4.41. The van der Waals surface area contributed by atoms with Crippen LogP contribution in [0.4, 0.5) is 4.79 Å². The average Bonchev–Trinajstić information content (AvgIpc) is 3.36. The molecule has 0 aliphatic carbocycles. The molecular weight excluding hydrogens is 474 g/mol. The van der Waals surface area contributed by atoms with E-state index in [1.165, 1.54) is 4.90 Å². The number of hydrogen-bond donors (Lipinski definition) is 1. The summed E-state index contributed by atoms with van der Waals surface area (Å²) < 4.78 is 5.54. The monoisotopic (exact) mass is 501 g/mol. The summed E-state index contributed by atoms with van der Waals surface area (Å²) in [7, 11) is 0. The highest BCUT2D eigenvalue weighted by molar-refractivity contribution is 6.05. The first-order valence-corrected chi connectivity index (χ1v) is 12.7. The zero-order valence-corrected chi connectivity index (χ0v) is 20.7. The molecule has 0 spiro atoms. The Kier molecular flexibility index (Phi) is 6.36. The van der Waals surface area contributed by atoms with Gasteiger partial charge in [-0.2, -0.15) is 0 Å². The molecule has 38 heavy (non-hydrogen) atoms. The number of nitrogens with zero attached hydrogens (tertiary/aromatic N) is 2. The van der Waals surface area contributed by atoms with E-state index in [1.54, 1.807) is 4.90 Å². The molecule has 2 atom stereocenters. The van der Waals surface area contributed by atoms with Gasteiger partial charge < -0.3 is 15.0 Å². The summed E-state index contributed by atoms with van der Waals surface area (Å²) in [6.07, 6.45) is -0.966. The zero-order chi connectivity index (χ0) is 25.9. The van der Waals surface area contributed by atoms with Crippen LogP contribution in [0, 0.1) is 0 Å². The Morgan fingerprint density at radius 2 is 1.26 bits per heavy atom. The van der Waals surface area contributed by atoms with Crippen LogP contribution >= 0.6 is 0 Å². The average molecular weight is 502 g/mol. The highest BCUT2D eigenvalue weighted by atomic mass is 16.6. The van der Waals surface area contributed by atoms with Crippen molar-refractivity contribution in [2.45, 2.75) is 18.8 Å². The molecular formula is C32H27N3O3. The molecule has 2 amide bonds. The van der Waals surface area contributed by atoms with Gasteiger partial charge in [0.1, 0.15) is 18.5 Å². The fourth-order valence-electron chi connectivity index (χ4n) is 5.12. The molecule has 1 fully saturated rings. The Hall–Kier alpha value is -4.84. The van der Waals surface area contributed by atoms with Crippen LogP contribution in [0.3, 0.4) is 0 Å². The Balaban J connectivity index is 1.53. The second kappa shape index (κ2) is 10.3. The minimum Gasteiger partial charge on any atom is -0.447 e. The topological polar surface area (TPSA) is 61.9 Å². The van der Waals surface area contributed by atoms with Crippen molar-refractivity contribution in [3.63, 3.8) is 0 Å². The predicted octanol–water partition coefficient (Wildman–Crippen LogP) is 5.88. The number of cyclic esters (lactones) is 1. The number of benzene rings is 4. The number of ether oxygens (including phenoxy) is 1. The van der Waals surface area contributed by atoms with Crippen LogP contribution in [-0.4, -0.2) is 28.4 Å². The first-order valence-electron chi connectivity index (χ1n) is 12.7. The van der Waals surface area contributed by atoms with Gasteiger partial charge in [-0.05, 0) is 16.7 Å². The van der Waals surface area contributed by atoms with Gasteiger partial charge in [-0.1, -0.05) is 121 Å². The molecule has 1 saturated heterocycles. The molecule has 0 bridgehead atoms. The molecule has 2 heterocycles. The molecule has 4 aromatic rings. The van der Waals surface area contributed by atoms with Crippen LogP contribution in [-0.2, 0) is 16.1 Å². The largest absolute Gasteiger partial charge is 0.447 e. The van der Waals surface area contributed by atoms with Gasteiger partial charge in [0.2, 0.25) is 0 Å². The minimum atomic E-state index is -0.532. The Morgan fingerprint density at radius 1 is 0.711 bits per heavy atom. The smallest absolute Gasteiger partial charge is 0.415 e. The van der Waals surface area contributed by atoms with E-state index in [0.29, 0.717) is 12.2 Å². The van der Waals surface area contributed by atoms with E-state index < -0.39 is 18.3 Å². The third-order valence-corrected chi connectivity index (χ3v) is 6.96. The number of hydrogen-bond acceptors (Lipinski definition) is 4. The Bertz CT molecular complexity index is 1460. The SMILES string of the molecule is O=C1C(N2C(=O)OC[C@@H]2c2ccccc2)=C(c2ccccc2)NC(c2ccccc2)N1Cc1ccccc1. The molecule has 1 unspecified atom stereocenters. The lowest BCUT2D eigenvalue weighted by Crippen LogP contribution is -2.50. The van der Waals surface area contributed by atoms with E-state index in [-0.39, 0.29) is 18.2 Å². The van der Waals surface area contributed by atoms with Gasteiger partial charge in [-0.25, -0.2) is 4.79 Å². The maximum Gasteiger partial charge on any atom is 0.415 e. The third-order valence-electron chi connectivity index (χ3n) is 6.96. The van der Waals surface area contributed by atoms with Crippen LogP contribution in [0.2, 0.25) is 0 Å². The van der Waals surface area contributed by atoms with Crippen LogP contribution in [0.1, 0.15) is 34.5 Å². The quantitative estimate of drug-likeness (QED) is 0.358. The standard InChI is InChI=1S/C32H27N3O3/c36-31-29(35-27(22-38-32(35)37)24-15-7-2-8-16-24)28(25-17-9-3-10-18-25)33-30(26-19-11-4-12-20-26)34(31)21-23-13-5-1-6-14-23/h1-20,27,30,33H,21-22H2/t27-,30?/m1/s1. The van der Waals surface area contributed by atoms with Gasteiger partial charge >= 0.3 is 6.09 Å². The highest BCUT2D eigenvalue weighted by Crippen LogP contribution is 2.39. The number of nitrogens with one attached hydrogen (secondary N) is 1. The molecule has 2 aliphatic heterocycles. The summed E-state index contributed by atoms with van der Waals surface area (Å²) in [5.74, 6) is -0.236. The lowest BCUT2D eigenvalue weighted by Gasteiger charge is -2.41. The fourth-order valence-corrected chi connectivity index (χ4v) is 5.12. The predicted molar refractivity (Wildman–Crippen MR) is 145 cm³/mol. The van der Waals surface area contributed by atoms with Crippen LogP contribution in [0.25, 0.3) is 5.70 Å². The Labute approximate surface area is 221 Å². The Morgan fingerprint density at radius 3 is 1.89 bits per heavy atom. The second-order valence-electron chi connectivity index (χ2n) is 9.34. The number of amides is 2. The molecule has 6 heteroatoms. The van der Waals surface area contributed by atoms with Gasteiger partial charge in [-0.3, -0.25) is 9.69 Å². The molecule has 0 aromatic heterocycles. The van der Waals surface area contributed by atoms with Gasteiger partial charge in [0.25, 0.3) is 5.91 Å². The van der Waals surface area contributed by atoms with Crippen LogP contribution < -0.4 is 5.32 Å². The maximum absolute atomic E-state index is 14.6. The summed E-state index contributed by atoms with van der Waals surface area (Å²) in [4.78, 5) is 31.2. The van der Waals surface area contributed by atoms with Crippen molar-refractivity contribution in [3.8, 4) is 0 Å². The van der Waals surface area contributed by atoms with Gasteiger partial charge in [0.05, 0.1) is 11.7 Å². The van der Waals surface area contributed by atoms with E-state index in [0.717, 1.165) is 22.3 Å². The van der Waals surface area contributed by atoms with Crippen molar-refractivity contribution in [1.82, 2.24) is 15.1 Å². The summed E-state index contributed by atoms with van der Waals surface area (Å²) in [6.45, 7) is 0.541. The first-order chi connectivity index (χ1) is 18.7. The van der Waals surface area contributed by atoms with E-state index in [4.69, 9.17) is 4.74 Å². The highest BCUT2D eigenvalue weighted by Gasteiger charge is 2.45. The van der Waals surface area contributed by atoms with Crippen molar-refractivity contribution in [3.05, 3.63) is 149 Å². The van der Waals surface area contributed by atoms with Crippen molar-refractivity contribution < 1.29 is 14.3 Å². The van der Waals surface area contributed by atoms with Crippen molar-refractivity contribution in [2.75, 3.05) is 6.61 Å². The van der Waals surface area contributed by atoms with Gasteiger partial charge in [0, 0.05) is 12.1 Å². The van der Waals surface area contributed by atoms with Gasteiger partial charge in [-0.15, -0.1) is 0 Å². The zero-order valence-electron chi connectivity index (χ0n) is 20.7. The number of rotatable bonds is 6. The van der Waals surface area contributed by atoms with Crippen LogP contribution in [0.5, 0.6) is 0 Å². The number of carbonyl (C=O) groups is 2.